The Labute approximate surface area is 232 Å². The molecule has 0 saturated heterocycles. The third-order valence-corrected chi connectivity index (χ3v) is 6.86. The number of halogens is 2. The van der Waals surface area contributed by atoms with Gasteiger partial charge in [0.05, 0.1) is 27.1 Å². The Hall–Kier alpha value is -3.55. The molecular weight excluding hydrogens is 521 g/mol. The Kier molecular flexibility index (Phi) is 7.99. The predicted molar refractivity (Wildman–Crippen MR) is 156 cm³/mol. The van der Waals surface area contributed by atoms with Gasteiger partial charge in [-0.2, -0.15) is 5.10 Å². The number of benzene rings is 3. The minimum Gasteiger partial charge on any atom is -0.313 e. The molecule has 0 aliphatic carbocycles. The van der Waals surface area contributed by atoms with E-state index in [0.717, 1.165) is 16.5 Å². The van der Waals surface area contributed by atoms with Crippen molar-refractivity contribution in [3.8, 4) is 5.69 Å². The van der Waals surface area contributed by atoms with E-state index < -0.39 is 0 Å². The molecule has 0 aliphatic heterocycles. The molecule has 0 atom stereocenters. The second-order valence-corrected chi connectivity index (χ2v) is 11.2. The fourth-order valence-electron chi connectivity index (χ4n) is 4.00. The number of carbonyl (C=O) groups is 2. The maximum Gasteiger partial charge on any atom is 0.322 e. The first-order valence-electron chi connectivity index (χ1n) is 12.4. The Morgan fingerprint density at radius 3 is 2.34 bits per heavy atom. The minimum atomic E-state index is -0.361. The van der Waals surface area contributed by atoms with Crippen molar-refractivity contribution in [1.82, 2.24) is 14.7 Å². The molecule has 4 aromatic rings. The molecule has 0 aliphatic rings. The molecule has 4 rings (SSSR count). The van der Waals surface area contributed by atoms with Gasteiger partial charge in [-0.25, -0.2) is 9.48 Å². The molecule has 198 valence electrons. The van der Waals surface area contributed by atoms with E-state index in [-0.39, 0.29) is 29.9 Å². The fraction of sp³-hybridized carbons (Fsp3) is 0.276. The molecule has 0 saturated carbocycles. The van der Waals surface area contributed by atoms with E-state index in [1.54, 1.807) is 22.9 Å². The summed E-state index contributed by atoms with van der Waals surface area (Å²) in [5.74, 6) is 0.116. The summed E-state index contributed by atoms with van der Waals surface area (Å²) in [7, 11) is 0. The summed E-state index contributed by atoms with van der Waals surface area (Å²) in [6.45, 7) is 9.71. The average molecular weight is 553 g/mol. The van der Waals surface area contributed by atoms with Crippen molar-refractivity contribution in [2.75, 3.05) is 17.2 Å². The first kappa shape index (κ1) is 27.5. The maximum atomic E-state index is 13.3. The Morgan fingerprint density at radius 2 is 1.66 bits per heavy atom. The van der Waals surface area contributed by atoms with Crippen LogP contribution in [-0.2, 0) is 10.2 Å². The second kappa shape index (κ2) is 11.1. The highest BCUT2D eigenvalue weighted by atomic mass is 35.5. The molecule has 1 aromatic heterocycles. The van der Waals surface area contributed by atoms with Crippen molar-refractivity contribution >= 4 is 57.4 Å². The molecule has 2 N–H and O–H groups in total. The number of anilines is 2. The summed E-state index contributed by atoms with van der Waals surface area (Å²) in [5, 5.41) is 13.4. The molecule has 0 unspecified atom stereocenters. The van der Waals surface area contributed by atoms with E-state index >= 15 is 0 Å². The van der Waals surface area contributed by atoms with Crippen molar-refractivity contribution in [3.63, 3.8) is 0 Å². The van der Waals surface area contributed by atoms with E-state index in [1.807, 2.05) is 83.1 Å². The van der Waals surface area contributed by atoms with Gasteiger partial charge in [-0.05, 0) is 43.5 Å². The van der Waals surface area contributed by atoms with Gasteiger partial charge in [-0.1, -0.05) is 80.4 Å². The zero-order valence-electron chi connectivity index (χ0n) is 22.0. The number of rotatable bonds is 6. The van der Waals surface area contributed by atoms with Crippen LogP contribution in [0.1, 0.15) is 40.3 Å². The SMILES string of the molecule is CC(C)N(CC(=O)Nc1cc(C(C)(C)C)nn1-c1ccc(Cl)c(Cl)c1)C(=O)Nc1cccc2ccccc12. The standard InChI is InChI=1S/C29H31Cl2N5O2/c1-18(2)35(28(38)32-24-12-8-10-19-9-6-7-11-21(19)24)17-27(37)33-26-16-25(29(3,4)5)34-36(26)20-13-14-22(30)23(31)15-20/h6-16,18H,17H2,1-5H3,(H,32,38)(H,33,37). The van der Waals surface area contributed by atoms with Crippen molar-refractivity contribution < 1.29 is 9.59 Å². The lowest BCUT2D eigenvalue weighted by Gasteiger charge is -2.26. The van der Waals surface area contributed by atoms with Gasteiger partial charge in [0.15, 0.2) is 0 Å². The lowest BCUT2D eigenvalue weighted by atomic mass is 9.92. The van der Waals surface area contributed by atoms with Gasteiger partial charge in [-0.15, -0.1) is 0 Å². The number of hydrogen-bond donors (Lipinski definition) is 2. The van der Waals surface area contributed by atoms with Gasteiger partial charge >= 0.3 is 6.03 Å². The lowest BCUT2D eigenvalue weighted by Crippen LogP contribution is -2.44. The molecule has 0 radical (unpaired) electrons. The lowest BCUT2D eigenvalue weighted by molar-refractivity contribution is -0.117. The molecular formula is C29H31Cl2N5O2. The zero-order valence-corrected chi connectivity index (χ0v) is 23.6. The number of urea groups is 1. The van der Waals surface area contributed by atoms with Gasteiger partial charge in [0.2, 0.25) is 5.91 Å². The summed E-state index contributed by atoms with van der Waals surface area (Å²) in [5.41, 5.74) is 1.86. The van der Waals surface area contributed by atoms with Crippen LogP contribution in [0.25, 0.3) is 16.5 Å². The third kappa shape index (κ3) is 6.11. The molecule has 9 heteroatoms. The highest BCUT2D eigenvalue weighted by Gasteiger charge is 2.24. The van der Waals surface area contributed by atoms with Crippen molar-refractivity contribution in [1.29, 1.82) is 0 Å². The molecule has 3 amide bonds. The minimum absolute atomic E-state index is 0.147. The summed E-state index contributed by atoms with van der Waals surface area (Å²) >= 11 is 12.4. The van der Waals surface area contributed by atoms with Gasteiger partial charge in [0.1, 0.15) is 12.4 Å². The van der Waals surface area contributed by atoms with Crippen molar-refractivity contribution in [2.45, 2.75) is 46.1 Å². The number of nitrogens with zero attached hydrogens (tertiary/aromatic N) is 3. The van der Waals surface area contributed by atoms with Gasteiger partial charge < -0.3 is 15.5 Å². The molecule has 7 nitrogen and oxygen atoms in total. The topological polar surface area (TPSA) is 79.3 Å². The summed E-state index contributed by atoms with van der Waals surface area (Å²) < 4.78 is 1.62. The van der Waals surface area contributed by atoms with E-state index in [1.165, 1.54) is 4.90 Å². The van der Waals surface area contributed by atoms with Crippen LogP contribution < -0.4 is 10.6 Å². The third-order valence-electron chi connectivity index (χ3n) is 6.12. The van der Waals surface area contributed by atoms with E-state index in [0.29, 0.717) is 27.2 Å². The summed E-state index contributed by atoms with van der Waals surface area (Å²) in [4.78, 5) is 28.0. The van der Waals surface area contributed by atoms with Gasteiger partial charge in [0.25, 0.3) is 0 Å². The Morgan fingerprint density at radius 1 is 0.947 bits per heavy atom. The molecule has 0 bridgehead atoms. The van der Waals surface area contributed by atoms with Crippen LogP contribution in [0.5, 0.6) is 0 Å². The first-order valence-corrected chi connectivity index (χ1v) is 13.1. The van der Waals surface area contributed by atoms with Crippen LogP contribution >= 0.6 is 23.2 Å². The number of aromatic nitrogens is 2. The largest absolute Gasteiger partial charge is 0.322 e. The predicted octanol–water partition coefficient (Wildman–Crippen LogP) is 7.51. The van der Waals surface area contributed by atoms with Crippen LogP contribution in [0.2, 0.25) is 10.0 Å². The number of fused-ring (bicyclic) bond motifs is 1. The number of amides is 3. The van der Waals surface area contributed by atoms with E-state index in [2.05, 4.69) is 10.6 Å². The molecule has 38 heavy (non-hydrogen) atoms. The monoisotopic (exact) mass is 551 g/mol. The van der Waals surface area contributed by atoms with Crippen molar-refractivity contribution in [3.05, 3.63) is 82.5 Å². The zero-order chi connectivity index (χ0) is 27.6. The maximum absolute atomic E-state index is 13.3. The van der Waals surface area contributed by atoms with Gasteiger partial charge in [0, 0.05) is 22.9 Å². The van der Waals surface area contributed by atoms with Crippen molar-refractivity contribution in [2.24, 2.45) is 0 Å². The smallest absolute Gasteiger partial charge is 0.313 e. The Bertz CT molecular complexity index is 1480. The molecule has 3 aromatic carbocycles. The molecule has 0 spiro atoms. The van der Waals surface area contributed by atoms with Crippen LogP contribution in [0, 0.1) is 0 Å². The quantitative estimate of drug-likeness (QED) is 0.260. The highest BCUT2D eigenvalue weighted by molar-refractivity contribution is 6.42. The first-order chi connectivity index (χ1) is 17.9. The van der Waals surface area contributed by atoms with E-state index in [4.69, 9.17) is 28.3 Å². The average Bonchev–Trinajstić information content (AvgIpc) is 3.28. The normalized spacial score (nSPS) is 11.6. The fourth-order valence-corrected chi connectivity index (χ4v) is 4.29. The summed E-state index contributed by atoms with van der Waals surface area (Å²) in [6.07, 6.45) is 0. The second-order valence-electron chi connectivity index (χ2n) is 10.4. The number of nitrogens with one attached hydrogen (secondary N) is 2. The highest BCUT2D eigenvalue weighted by Crippen LogP contribution is 2.30. The van der Waals surface area contributed by atoms with Crippen LogP contribution in [0.4, 0.5) is 16.3 Å². The Balaban J connectivity index is 1.57. The number of carbonyl (C=O) groups excluding carboxylic acids is 2. The molecule has 0 fully saturated rings. The van der Waals surface area contributed by atoms with E-state index in [9.17, 15) is 9.59 Å². The summed E-state index contributed by atoms with van der Waals surface area (Å²) in [6, 6.07) is 19.9. The van der Waals surface area contributed by atoms with Crippen LogP contribution in [0.15, 0.2) is 66.7 Å². The number of hydrogen-bond acceptors (Lipinski definition) is 3. The van der Waals surface area contributed by atoms with Gasteiger partial charge in [-0.3, -0.25) is 4.79 Å². The van der Waals surface area contributed by atoms with Crippen LogP contribution in [0.3, 0.4) is 0 Å². The van der Waals surface area contributed by atoms with Crippen LogP contribution in [-0.4, -0.2) is 39.2 Å². The molecule has 1 heterocycles.